The Balaban J connectivity index is 3.09. The first-order valence-electron chi connectivity index (χ1n) is 5.10. The number of carbonyl (C=O) groups is 1. The molecule has 0 saturated carbocycles. The van der Waals surface area contributed by atoms with Crippen LogP contribution in [-0.4, -0.2) is 23.3 Å². The van der Waals surface area contributed by atoms with E-state index in [0.29, 0.717) is 0 Å². The maximum absolute atomic E-state index is 13.5. The average Bonchev–Trinajstić information content (AvgIpc) is 2.31. The van der Waals surface area contributed by atoms with Crippen LogP contribution in [0.15, 0.2) is 6.07 Å². The molecule has 0 amide bonds. The molecule has 1 aromatic carbocycles. The number of hydrogen-bond acceptors (Lipinski definition) is 4. The molecule has 0 fully saturated rings. The van der Waals surface area contributed by atoms with Gasteiger partial charge in [-0.2, -0.15) is 0 Å². The largest absolute Gasteiger partial charge is 0.504 e. The van der Waals surface area contributed by atoms with Gasteiger partial charge in [0.2, 0.25) is 0 Å². The molecule has 4 N–H and O–H groups in total. The molecular weight excluding hydrogens is 265 g/mol. The summed E-state index contributed by atoms with van der Waals surface area (Å²) in [4.78, 5) is 10.4. The van der Waals surface area contributed by atoms with Crippen molar-refractivity contribution in [3.8, 4) is 11.5 Å². The number of phenols is 1. The highest BCUT2D eigenvalue weighted by Crippen LogP contribution is 2.40. The molecule has 100 valence electrons. The van der Waals surface area contributed by atoms with Gasteiger partial charge in [-0.05, 0) is 12.5 Å². The van der Waals surface area contributed by atoms with E-state index in [0.717, 1.165) is 0 Å². The Hall–Kier alpha value is -1.53. The van der Waals surface area contributed by atoms with Crippen molar-refractivity contribution in [2.45, 2.75) is 18.9 Å². The Morgan fingerprint density at radius 2 is 2.28 bits per heavy atom. The van der Waals surface area contributed by atoms with Crippen molar-refractivity contribution in [2.75, 3.05) is 7.11 Å². The molecule has 0 spiro atoms. The molecule has 1 unspecified atom stereocenters. The monoisotopic (exact) mass is 277 g/mol. The van der Waals surface area contributed by atoms with Crippen molar-refractivity contribution in [1.82, 2.24) is 0 Å². The van der Waals surface area contributed by atoms with Gasteiger partial charge in [-0.3, -0.25) is 4.79 Å². The Morgan fingerprint density at radius 1 is 1.67 bits per heavy atom. The third-order valence-electron chi connectivity index (χ3n) is 2.45. The van der Waals surface area contributed by atoms with Crippen molar-refractivity contribution in [2.24, 2.45) is 5.73 Å². The van der Waals surface area contributed by atoms with E-state index in [2.05, 4.69) is 0 Å². The Morgan fingerprint density at radius 3 is 2.78 bits per heavy atom. The van der Waals surface area contributed by atoms with Gasteiger partial charge in [-0.15, -0.1) is 0 Å². The molecule has 5 nitrogen and oxygen atoms in total. The van der Waals surface area contributed by atoms with Crippen LogP contribution in [0.4, 0.5) is 4.39 Å². The van der Waals surface area contributed by atoms with Crippen LogP contribution >= 0.6 is 11.6 Å². The fourth-order valence-electron chi connectivity index (χ4n) is 1.52. The zero-order valence-electron chi connectivity index (χ0n) is 9.61. The number of rotatable bonds is 5. The number of aliphatic carboxylic acids is 1. The van der Waals surface area contributed by atoms with Crippen LogP contribution in [0, 0.1) is 5.82 Å². The molecular formula is C11H13ClFNO4. The van der Waals surface area contributed by atoms with Crippen molar-refractivity contribution >= 4 is 17.6 Å². The van der Waals surface area contributed by atoms with Crippen LogP contribution in [0.2, 0.25) is 5.02 Å². The zero-order valence-corrected chi connectivity index (χ0v) is 10.4. The summed E-state index contributed by atoms with van der Waals surface area (Å²) < 4.78 is 18.2. The van der Waals surface area contributed by atoms with Crippen molar-refractivity contribution in [1.29, 1.82) is 0 Å². The van der Waals surface area contributed by atoms with Gasteiger partial charge in [0, 0.05) is 18.0 Å². The Kier molecular flexibility index (Phi) is 4.75. The van der Waals surface area contributed by atoms with Crippen molar-refractivity contribution in [3.05, 3.63) is 22.5 Å². The lowest BCUT2D eigenvalue weighted by atomic mass is 10.0. The molecule has 0 heterocycles. The summed E-state index contributed by atoms with van der Waals surface area (Å²) >= 11 is 5.64. The lowest BCUT2D eigenvalue weighted by Crippen LogP contribution is -2.13. The molecule has 1 rings (SSSR count). The first-order chi connectivity index (χ1) is 8.38. The molecule has 0 radical (unpaired) electrons. The number of nitrogens with two attached hydrogens (primary N) is 1. The molecule has 1 atom stereocenters. The quantitative estimate of drug-likeness (QED) is 0.766. The van der Waals surface area contributed by atoms with Gasteiger partial charge in [0.1, 0.15) is 0 Å². The number of halogens is 2. The van der Waals surface area contributed by atoms with Crippen molar-refractivity contribution < 1.29 is 24.1 Å². The third-order valence-corrected chi connectivity index (χ3v) is 2.73. The predicted molar refractivity (Wildman–Crippen MR) is 63.4 cm³/mol. The number of ether oxygens (including phenoxy) is 1. The molecule has 18 heavy (non-hydrogen) atoms. The third kappa shape index (κ3) is 3.02. The lowest BCUT2D eigenvalue weighted by molar-refractivity contribution is -0.137. The van der Waals surface area contributed by atoms with Crippen LogP contribution in [0.25, 0.3) is 0 Å². The number of hydrogen-bond donors (Lipinski definition) is 3. The summed E-state index contributed by atoms with van der Waals surface area (Å²) in [5.74, 6) is -2.75. The minimum Gasteiger partial charge on any atom is -0.504 e. The average molecular weight is 278 g/mol. The van der Waals surface area contributed by atoms with Crippen LogP contribution in [0.3, 0.4) is 0 Å². The first-order valence-corrected chi connectivity index (χ1v) is 5.48. The highest BCUT2D eigenvalue weighted by molar-refractivity contribution is 6.31. The van der Waals surface area contributed by atoms with E-state index in [9.17, 15) is 14.3 Å². The van der Waals surface area contributed by atoms with E-state index >= 15 is 0 Å². The number of methoxy groups -OCH3 is 1. The van der Waals surface area contributed by atoms with Crippen molar-refractivity contribution in [3.63, 3.8) is 0 Å². The molecule has 0 aliphatic rings. The summed E-state index contributed by atoms with van der Waals surface area (Å²) in [5, 5.41) is 18.1. The van der Waals surface area contributed by atoms with Crippen LogP contribution in [-0.2, 0) is 4.79 Å². The summed E-state index contributed by atoms with van der Waals surface area (Å²) in [6.45, 7) is 0. The highest BCUT2D eigenvalue weighted by Gasteiger charge is 2.21. The summed E-state index contributed by atoms with van der Waals surface area (Å²) in [6, 6.07) is 0.398. The fourth-order valence-corrected chi connectivity index (χ4v) is 1.72. The molecule has 0 aromatic heterocycles. The summed E-state index contributed by atoms with van der Waals surface area (Å²) in [7, 11) is 1.18. The second kappa shape index (κ2) is 5.88. The first kappa shape index (κ1) is 14.5. The molecule has 1 aromatic rings. The maximum Gasteiger partial charge on any atom is 0.303 e. The highest BCUT2D eigenvalue weighted by atomic mass is 35.5. The second-order valence-corrected chi connectivity index (χ2v) is 4.09. The number of aromatic hydroxyl groups is 1. The lowest BCUT2D eigenvalue weighted by Gasteiger charge is -2.16. The Bertz CT molecular complexity index is 467. The molecule has 7 heteroatoms. The minimum atomic E-state index is -1.01. The smallest absolute Gasteiger partial charge is 0.303 e. The topological polar surface area (TPSA) is 92.8 Å². The van der Waals surface area contributed by atoms with Gasteiger partial charge in [0.25, 0.3) is 0 Å². The zero-order chi connectivity index (χ0) is 13.9. The molecule has 0 aliphatic heterocycles. The molecule has 0 bridgehead atoms. The van der Waals surface area contributed by atoms with E-state index in [1.54, 1.807) is 0 Å². The van der Waals surface area contributed by atoms with Gasteiger partial charge >= 0.3 is 5.97 Å². The van der Waals surface area contributed by atoms with Crippen LogP contribution in [0.1, 0.15) is 24.4 Å². The minimum absolute atomic E-state index is 0.0913. The van der Waals surface area contributed by atoms with Crippen LogP contribution in [0.5, 0.6) is 11.5 Å². The van der Waals surface area contributed by atoms with Gasteiger partial charge in [-0.1, -0.05) is 11.6 Å². The predicted octanol–water partition coefficient (Wildman–Crippen LogP) is 2.06. The second-order valence-electron chi connectivity index (χ2n) is 3.68. The number of carboxylic acids is 1. The normalized spacial score (nSPS) is 12.2. The standard InChI is InChI=1S/C11H13ClFNO4/c1-18-11-9(13)6(12)4-5(10(11)17)7(14)2-3-8(15)16/h4,7,17H,2-3,14H2,1H3,(H,15,16). The van der Waals surface area contributed by atoms with Gasteiger partial charge < -0.3 is 20.7 Å². The summed E-state index contributed by atoms with van der Waals surface area (Å²) in [6.07, 6.45) is -0.0775. The number of phenolic OH excluding ortho intramolecular Hbond substituents is 1. The number of benzene rings is 1. The van der Waals surface area contributed by atoms with Gasteiger partial charge in [0.15, 0.2) is 17.3 Å². The van der Waals surface area contributed by atoms with E-state index in [1.165, 1.54) is 13.2 Å². The van der Waals surface area contributed by atoms with Crippen LogP contribution < -0.4 is 10.5 Å². The SMILES string of the molecule is COc1c(O)c(C(N)CCC(=O)O)cc(Cl)c1F. The van der Waals surface area contributed by atoms with E-state index in [1.807, 2.05) is 0 Å². The fraction of sp³-hybridized carbons (Fsp3) is 0.364. The van der Waals surface area contributed by atoms with E-state index in [4.69, 9.17) is 27.2 Å². The number of carboxylic acid groups (broad SMARTS) is 1. The Labute approximate surface area is 108 Å². The van der Waals surface area contributed by atoms with E-state index < -0.39 is 29.3 Å². The maximum atomic E-state index is 13.5. The summed E-state index contributed by atoms with van der Waals surface area (Å²) in [5.41, 5.74) is 5.88. The van der Waals surface area contributed by atoms with Gasteiger partial charge in [0.05, 0.1) is 12.1 Å². The molecule has 0 saturated heterocycles. The van der Waals surface area contributed by atoms with E-state index in [-0.39, 0.29) is 23.4 Å². The van der Waals surface area contributed by atoms with Gasteiger partial charge in [-0.25, -0.2) is 4.39 Å². The molecule has 0 aliphatic carbocycles.